The maximum Gasteiger partial charge on any atom is 0.319 e. The lowest BCUT2D eigenvalue weighted by atomic mass is 9.97. The van der Waals surface area contributed by atoms with Crippen LogP contribution < -0.4 is 5.32 Å². The summed E-state index contributed by atoms with van der Waals surface area (Å²) in [7, 11) is 3.43. The van der Waals surface area contributed by atoms with E-state index in [4.69, 9.17) is 4.52 Å². The molecule has 128 valence electrons. The first-order valence-corrected chi connectivity index (χ1v) is 8.95. The quantitative estimate of drug-likeness (QED) is 0.857. The van der Waals surface area contributed by atoms with Crippen LogP contribution in [0.4, 0.5) is 4.79 Å². The van der Waals surface area contributed by atoms with Crippen molar-refractivity contribution in [2.45, 2.75) is 25.1 Å². The van der Waals surface area contributed by atoms with Crippen molar-refractivity contribution in [1.82, 2.24) is 25.3 Å². The molecule has 0 unspecified atom stereocenters. The van der Waals surface area contributed by atoms with Crippen LogP contribution in [0, 0.1) is 5.92 Å². The van der Waals surface area contributed by atoms with Crippen LogP contribution in [0.2, 0.25) is 0 Å². The van der Waals surface area contributed by atoms with Crippen molar-refractivity contribution < 1.29 is 14.1 Å². The lowest BCUT2D eigenvalue weighted by molar-refractivity contribution is -0.126. The number of carbonyl (C=O) groups is 2. The smallest absolute Gasteiger partial charge is 0.319 e. The summed E-state index contributed by atoms with van der Waals surface area (Å²) in [5.74, 6) is 1.44. The predicted octanol–water partition coefficient (Wildman–Crippen LogP) is 0.942. The van der Waals surface area contributed by atoms with Crippen LogP contribution in [0.15, 0.2) is 4.52 Å². The molecule has 0 aromatic carbocycles. The van der Waals surface area contributed by atoms with E-state index in [0.717, 1.165) is 12.8 Å². The topological polar surface area (TPSA) is 91.6 Å². The summed E-state index contributed by atoms with van der Waals surface area (Å²) in [6.45, 7) is 1.37. The van der Waals surface area contributed by atoms with Gasteiger partial charge < -0.3 is 19.6 Å². The molecule has 0 radical (unpaired) electrons. The van der Waals surface area contributed by atoms with Crippen molar-refractivity contribution in [2.75, 3.05) is 33.4 Å². The summed E-state index contributed by atoms with van der Waals surface area (Å²) in [6, 6.07) is -0.0545. The maximum atomic E-state index is 12.3. The lowest BCUT2D eigenvalue weighted by Gasteiger charge is -2.33. The lowest BCUT2D eigenvalue weighted by Crippen LogP contribution is -2.48. The van der Waals surface area contributed by atoms with E-state index in [2.05, 4.69) is 15.5 Å². The minimum absolute atomic E-state index is 0.0545. The van der Waals surface area contributed by atoms with Gasteiger partial charge in [0.05, 0.1) is 18.2 Å². The van der Waals surface area contributed by atoms with Crippen molar-refractivity contribution in [3.05, 3.63) is 11.7 Å². The van der Waals surface area contributed by atoms with Crippen LogP contribution in [-0.4, -0.2) is 65.3 Å². The molecule has 8 nitrogen and oxygen atoms in total. The molecule has 1 aromatic rings. The zero-order chi connectivity index (χ0) is 16.8. The Balaban J connectivity index is 1.83. The SMILES string of the molecule is CSCc1noc(CNC(=O)[C@H]2CCCN(C(=O)N(C)C)C2)n1. The summed E-state index contributed by atoms with van der Waals surface area (Å²) >= 11 is 1.61. The first-order chi connectivity index (χ1) is 11.0. The predicted molar refractivity (Wildman–Crippen MR) is 86.7 cm³/mol. The van der Waals surface area contributed by atoms with Crippen LogP contribution >= 0.6 is 11.8 Å². The standard InChI is InChI=1S/C14H23N5O3S/c1-18(2)14(21)19-6-4-5-10(8-19)13(20)15-7-12-16-11(9-23-3)17-22-12/h10H,4-9H2,1-3H3,(H,15,20)/t10-/m0/s1. The number of piperidine rings is 1. The normalized spacial score (nSPS) is 17.9. The van der Waals surface area contributed by atoms with E-state index < -0.39 is 0 Å². The van der Waals surface area contributed by atoms with E-state index in [1.807, 2.05) is 6.26 Å². The number of likely N-dealkylation sites (tertiary alicyclic amines) is 1. The third-order valence-electron chi connectivity index (χ3n) is 3.64. The Kier molecular flexibility index (Phi) is 6.26. The molecular weight excluding hydrogens is 318 g/mol. The highest BCUT2D eigenvalue weighted by Crippen LogP contribution is 2.17. The molecule has 9 heteroatoms. The van der Waals surface area contributed by atoms with Crippen LogP contribution in [0.3, 0.4) is 0 Å². The first-order valence-electron chi connectivity index (χ1n) is 7.55. The van der Waals surface area contributed by atoms with Crippen LogP contribution in [0.1, 0.15) is 24.6 Å². The Morgan fingerprint density at radius 1 is 1.48 bits per heavy atom. The van der Waals surface area contributed by atoms with Crippen LogP contribution in [0.5, 0.6) is 0 Å². The van der Waals surface area contributed by atoms with Gasteiger partial charge in [0, 0.05) is 27.2 Å². The average molecular weight is 341 g/mol. The Labute approximate surface area is 140 Å². The van der Waals surface area contributed by atoms with Crippen molar-refractivity contribution in [3.63, 3.8) is 0 Å². The van der Waals surface area contributed by atoms with E-state index in [0.29, 0.717) is 30.6 Å². The van der Waals surface area contributed by atoms with Gasteiger partial charge in [0.25, 0.3) is 0 Å². The summed E-state index contributed by atoms with van der Waals surface area (Å²) < 4.78 is 5.09. The number of hydrogen-bond acceptors (Lipinski definition) is 6. The van der Waals surface area contributed by atoms with Gasteiger partial charge in [0.2, 0.25) is 11.8 Å². The van der Waals surface area contributed by atoms with Gasteiger partial charge in [-0.15, -0.1) is 0 Å². The Hall–Kier alpha value is -1.77. The number of aromatic nitrogens is 2. The number of hydrogen-bond donors (Lipinski definition) is 1. The molecular formula is C14H23N5O3S. The monoisotopic (exact) mass is 341 g/mol. The van der Waals surface area contributed by atoms with E-state index in [1.54, 1.807) is 30.8 Å². The van der Waals surface area contributed by atoms with Gasteiger partial charge in [-0.05, 0) is 19.1 Å². The molecule has 1 fully saturated rings. The molecule has 0 bridgehead atoms. The molecule has 1 atom stereocenters. The number of rotatable bonds is 5. The fourth-order valence-corrected chi connectivity index (χ4v) is 2.88. The molecule has 0 aliphatic carbocycles. The fourth-order valence-electron chi connectivity index (χ4n) is 2.50. The zero-order valence-corrected chi connectivity index (χ0v) is 14.6. The molecule has 23 heavy (non-hydrogen) atoms. The molecule has 3 amide bonds. The molecule has 0 saturated carbocycles. The molecule has 1 aliphatic rings. The van der Waals surface area contributed by atoms with E-state index in [1.165, 1.54) is 4.90 Å². The molecule has 2 heterocycles. The summed E-state index contributed by atoms with van der Waals surface area (Å²) in [5.41, 5.74) is 0. The van der Waals surface area contributed by atoms with Gasteiger partial charge >= 0.3 is 6.03 Å². The van der Waals surface area contributed by atoms with E-state index in [9.17, 15) is 9.59 Å². The maximum absolute atomic E-state index is 12.3. The first kappa shape index (κ1) is 17.6. The van der Waals surface area contributed by atoms with Crippen molar-refractivity contribution >= 4 is 23.7 Å². The molecule has 1 saturated heterocycles. The van der Waals surface area contributed by atoms with Gasteiger partial charge in [0.1, 0.15) is 0 Å². The number of carbonyl (C=O) groups excluding carboxylic acids is 2. The molecule has 2 rings (SSSR count). The summed E-state index contributed by atoms with van der Waals surface area (Å²) in [4.78, 5) is 31.7. The highest BCUT2D eigenvalue weighted by atomic mass is 32.2. The largest absolute Gasteiger partial charge is 0.347 e. The third-order valence-corrected chi connectivity index (χ3v) is 4.19. The third kappa shape index (κ3) is 4.85. The Morgan fingerprint density at radius 2 is 2.26 bits per heavy atom. The van der Waals surface area contributed by atoms with Crippen LogP contribution in [-0.2, 0) is 17.1 Å². The Morgan fingerprint density at radius 3 is 2.96 bits per heavy atom. The van der Waals surface area contributed by atoms with Crippen molar-refractivity contribution in [1.29, 1.82) is 0 Å². The second-order valence-corrected chi connectivity index (χ2v) is 6.58. The van der Waals surface area contributed by atoms with Gasteiger partial charge in [-0.25, -0.2) is 4.79 Å². The summed E-state index contributed by atoms with van der Waals surface area (Å²) in [6.07, 6.45) is 3.57. The van der Waals surface area contributed by atoms with E-state index in [-0.39, 0.29) is 24.4 Å². The molecule has 1 aromatic heterocycles. The highest BCUT2D eigenvalue weighted by Gasteiger charge is 2.29. The van der Waals surface area contributed by atoms with Gasteiger partial charge in [-0.3, -0.25) is 4.79 Å². The number of nitrogens with one attached hydrogen (secondary N) is 1. The van der Waals surface area contributed by atoms with Crippen molar-refractivity contribution in [3.8, 4) is 0 Å². The van der Waals surface area contributed by atoms with Gasteiger partial charge in [-0.1, -0.05) is 5.16 Å². The van der Waals surface area contributed by atoms with Gasteiger partial charge in [-0.2, -0.15) is 16.7 Å². The molecule has 1 N–H and O–H groups in total. The second-order valence-electron chi connectivity index (χ2n) is 5.72. The summed E-state index contributed by atoms with van der Waals surface area (Å²) in [5, 5.41) is 6.65. The van der Waals surface area contributed by atoms with Crippen LogP contribution in [0.25, 0.3) is 0 Å². The van der Waals surface area contributed by atoms with Crippen molar-refractivity contribution in [2.24, 2.45) is 5.92 Å². The molecule has 0 spiro atoms. The van der Waals surface area contributed by atoms with Gasteiger partial charge in [0.15, 0.2) is 5.82 Å². The second kappa shape index (κ2) is 8.19. The number of nitrogens with zero attached hydrogens (tertiary/aromatic N) is 4. The number of urea groups is 1. The van der Waals surface area contributed by atoms with E-state index >= 15 is 0 Å². The average Bonchev–Trinajstić information content (AvgIpc) is 3.00. The number of thioether (sulfide) groups is 1. The zero-order valence-electron chi connectivity index (χ0n) is 13.7. The fraction of sp³-hybridized carbons (Fsp3) is 0.714. The Bertz CT molecular complexity index is 548. The minimum Gasteiger partial charge on any atom is -0.347 e. The highest BCUT2D eigenvalue weighted by molar-refractivity contribution is 7.97. The molecule has 1 aliphatic heterocycles. The minimum atomic E-state index is -0.193. The number of amides is 3.